The van der Waals surface area contributed by atoms with Crippen LogP contribution >= 0.6 is 0 Å². The van der Waals surface area contributed by atoms with Gasteiger partial charge in [0.15, 0.2) is 0 Å². The van der Waals surface area contributed by atoms with Crippen molar-refractivity contribution < 1.29 is 9.53 Å². The summed E-state index contributed by atoms with van der Waals surface area (Å²) in [6.07, 6.45) is 1.06. The number of fused-ring (bicyclic) bond motifs is 1. The van der Waals surface area contributed by atoms with E-state index >= 15 is 0 Å². The molecule has 0 saturated carbocycles. The third-order valence-corrected chi connectivity index (χ3v) is 6.62. The number of aryl methyl sites for hydroxylation is 1. The van der Waals surface area contributed by atoms with Crippen molar-refractivity contribution in [1.29, 1.82) is 0 Å². The van der Waals surface area contributed by atoms with Gasteiger partial charge in [-0.1, -0.05) is 36.4 Å². The Balaban J connectivity index is 1.56. The van der Waals surface area contributed by atoms with Gasteiger partial charge in [-0.3, -0.25) is 9.69 Å². The summed E-state index contributed by atoms with van der Waals surface area (Å²) in [5, 5.41) is 0. The van der Waals surface area contributed by atoms with E-state index in [0.717, 1.165) is 38.3 Å². The van der Waals surface area contributed by atoms with Gasteiger partial charge in [-0.15, -0.1) is 0 Å². The molecule has 3 atom stereocenters. The third kappa shape index (κ3) is 3.66. The molecule has 1 amide bonds. The van der Waals surface area contributed by atoms with Crippen LogP contribution in [0.4, 0.5) is 0 Å². The van der Waals surface area contributed by atoms with Crippen molar-refractivity contribution in [3.63, 3.8) is 0 Å². The number of carbonyl (C=O) groups is 1. The van der Waals surface area contributed by atoms with E-state index in [-0.39, 0.29) is 5.91 Å². The van der Waals surface area contributed by atoms with Crippen LogP contribution in [0.3, 0.4) is 0 Å². The number of likely N-dealkylation sites (tertiary alicyclic amines) is 2. The number of hydrogen-bond donors (Lipinski definition) is 0. The number of hydrogen-bond acceptors (Lipinski definition) is 3. The topological polar surface area (TPSA) is 32.8 Å². The molecule has 2 heterocycles. The highest BCUT2D eigenvalue weighted by Gasteiger charge is 2.46. The zero-order valence-corrected chi connectivity index (χ0v) is 17.1. The molecule has 4 heteroatoms. The molecule has 4 nitrogen and oxygen atoms in total. The van der Waals surface area contributed by atoms with Crippen molar-refractivity contribution in [2.75, 3.05) is 26.7 Å². The van der Waals surface area contributed by atoms with Gasteiger partial charge < -0.3 is 9.64 Å². The maximum absolute atomic E-state index is 12.3. The van der Waals surface area contributed by atoms with Crippen molar-refractivity contribution in [3.05, 3.63) is 65.2 Å². The van der Waals surface area contributed by atoms with Gasteiger partial charge in [0.1, 0.15) is 5.75 Å². The van der Waals surface area contributed by atoms with E-state index in [4.69, 9.17) is 4.74 Å². The summed E-state index contributed by atoms with van der Waals surface area (Å²) in [6.45, 7) is 7.82. The molecular weight excluding hydrogens is 348 g/mol. The second-order valence-corrected chi connectivity index (χ2v) is 8.23. The highest BCUT2D eigenvalue weighted by molar-refractivity contribution is 5.74. The largest absolute Gasteiger partial charge is 0.497 e. The summed E-state index contributed by atoms with van der Waals surface area (Å²) < 4.78 is 5.32. The molecule has 148 valence electrons. The first kappa shape index (κ1) is 19.0. The average Bonchev–Trinajstić information content (AvgIpc) is 3.09. The van der Waals surface area contributed by atoms with Crippen LogP contribution in [-0.2, 0) is 11.3 Å². The highest BCUT2D eigenvalue weighted by Crippen LogP contribution is 2.42. The monoisotopic (exact) mass is 378 g/mol. The van der Waals surface area contributed by atoms with E-state index in [1.807, 2.05) is 12.1 Å². The first-order valence-corrected chi connectivity index (χ1v) is 10.2. The zero-order chi connectivity index (χ0) is 19.7. The van der Waals surface area contributed by atoms with Crippen LogP contribution in [0.1, 0.15) is 36.0 Å². The van der Waals surface area contributed by atoms with Crippen molar-refractivity contribution in [3.8, 4) is 5.75 Å². The van der Waals surface area contributed by atoms with Crippen LogP contribution in [0.5, 0.6) is 5.75 Å². The molecule has 0 unspecified atom stereocenters. The zero-order valence-electron chi connectivity index (χ0n) is 17.1. The maximum atomic E-state index is 12.3. The van der Waals surface area contributed by atoms with Crippen molar-refractivity contribution in [1.82, 2.24) is 9.80 Å². The van der Waals surface area contributed by atoms with E-state index in [9.17, 15) is 4.79 Å². The molecular formula is C24H30N2O2. The summed E-state index contributed by atoms with van der Waals surface area (Å²) in [5.41, 5.74) is 4.08. The van der Waals surface area contributed by atoms with Crippen molar-refractivity contribution in [2.24, 2.45) is 5.92 Å². The molecule has 2 aliphatic heterocycles. The Morgan fingerprint density at radius 2 is 1.86 bits per heavy atom. The van der Waals surface area contributed by atoms with Gasteiger partial charge in [-0.25, -0.2) is 0 Å². The van der Waals surface area contributed by atoms with E-state index in [2.05, 4.69) is 53.1 Å². The lowest BCUT2D eigenvalue weighted by molar-refractivity contribution is -0.130. The summed E-state index contributed by atoms with van der Waals surface area (Å²) in [5.74, 6) is 1.96. The van der Waals surface area contributed by atoms with E-state index in [1.165, 1.54) is 16.7 Å². The minimum absolute atomic E-state index is 0.207. The average molecular weight is 379 g/mol. The van der Waals surface area contributed by atoms with Gasteiger partial charge in [-0.2, -0.15) is 0 Å². The molecule has 0 spiro atoms. The molecule has 4 rings (SSSR count). The molecule has 0 N–H and O–H groups in total. The van der Waals surface area contributed by atoms with Gasteiger partial charge in [0.25, 0.3) is 0 Å². The molecule has 28 heavy (non-hydrogen) atoms. The predicted octanol–water partition coefficient (Wildman–Crippen LogP) is 3.84. The van der Waals surface area contributed by atoms with Crippen molar-refractivity contribution in [2.45, 2.75) is 38.8 Å². The minimum Gasteiger partial charge on any atom is -0.497 e. The second-order valence-electron chi connectivity index (χ2n) is 8.23. The Morgan fingerprint density at radius 3 is 2.54 bits per heavy atom. The van der Waals surface area contributed by atoms with Gasteiger partial charge in [-0.05, 0) is 42.2 Å². The molecule has 2 aromatic rings. The Kier molecular flexibility index (Phi) is 5.40. The van der Waals surface area contributed by atoms with Crippen molar-refractivity contribution >= 4 is 5.91 Å². The smallest absolute Gasteiger partial charge is 0.219 e. The molecule has 0 aromatic heterocycles. The Labute approximate surface area is 168 Å². The first-order chi connectivity index (χ1) is 13.6. The molecule has 2 fully saturated rings. The molecule has 2 saturated heterocycles. The number of nitrogens with zero attached hydrogens (tertiary/aromatic N) is 2. The van der Waals surface area contributed by atoms with Gasteiger partial charge in [0.05, 0.1) is 7.11 Å². The summed E-state index contributed by atoms with van der Waals surface area (Å²) in [4.78, 5) is 17.0. The lowest BCUT2D eigenvalue weighted by atomic mass is 9.81. The Hall–Kier alpha value is -2.33. The second kappa shape index (κ2) is 7.96. The lowest BCUT2D eigenvalue weighted by Crippen LogP contribution is -2.47. The Morgan fingerprint density at radius 1 is 1.11 bits per heavy atom. The standard InChI is InChI=1S/C24H30N2O2/c1-17-6-4-5-7-20(17)14-25-13-12-24-23(15-25)22(16-26(24)18(2)27)19-8-10-21(28-3)11-9-19/h4-11,22-24H,12-16H2,1-3H3/t22-,23-,24-/m1/s1. The van der Waals surface area contributed by atoms with E-state index in [0.29, 0.717) is 17.9 Å². The predicted molar refractivity (Wildman–Crippen MR) is 111 cm³/mol. The lowest BCUT2D eigenvalue weighted by Gasteiger charge is -2.39. The van der Waals surface area contributed by atoms with Crippen LogP contribution in [0.15, 0.2) is 48.5 Å². The number of methoxy groups -OCH3 is 1. The normalized spacial score (nSPS) is 24.8. The molecule has 0 aliphatic carbocycles. The summed E-state index contributed by atoms with van der Waals surface area (Å²) in [7, 11) is 1.70. The van der Waals surface area contributed by atoms with Crippen LogP contribution in [0.2, 0.25) is 0 Å². The van der Waals surface area contributed by atoms with Crippen LogP contribution in [0.25, 0.3) is 0 Å². The van der Waals surface area contributed by atoms with Gasteiger partial charge in [0, 0.05) is 51.0 Å². The van der Waals surface area contributed by atoms with E-state index < -0.39 is 0 Å². The van der Waals surface area contributed by atoms with E-state index in [1.54, 1.807) is 14.0 Å². The fourth-order valence-corrected chi connectivity index (χ4v) is 5.04. The highest BCUT2D eigenvalue weighted by atomic mass is 16.5. The molecule has 2 aliphatic rings. The Bertz CT molecular complexity index is 833. The maximum Gasteiger partial charge on any atom is 0.219 e. The molecule has 2 aromatic carbocycles. The summed E-state index contributed by atoms with van der Waals surface area (Å²) >= 11 is 0. The number of benzene rings is 2. The first-order valence-electron chi connectivity index (χ1n) is 10.2. The summed E-state index contributed by atoms with van der Waals surface area (Å²) in [6, 6.07) is 17.4. The minimum atomic E-state index is 0.207. The molecule has 0 radical (unpaired) electrons. The van der Waals surface area contributed by atoms with Gasteiger partial charge >= 0.3 is 0 Å². The fraction of sp³-hybridized carbons (Fsp3) is 0.458. The number of piperidine rings is 1. The van der Waals surface area contributed by atoms with Gasteiger partial charge in [0.2, 0.25) is 5.91 Å². The molecule has 0 bridgehead atoms. The SMILES string of the molecule is COc1ccc([C@H]2CN(C(C)=O)[C@@H]3CCN(Cc4ccccc4C)C[C@H]23)cc1. The fourth-order valence-electron chi connectivity index (χ4n) is 5.04. The number of ether oxygens (including phenoxy) is 1. The number of carbonyl (C=O) groups excluding carboxylic acids is 1. The number of rotatable bonds is 4. The quantitative estimate of drug-likeness (QED) is 0.810. The number of amides is 1. The van der Waals surface area contributed by atoms with Crippen LogP contribution < -0.4 is 4.74 Å². The van der Waals surface area contributed by atoms with Crippen LogP contribution in [0, 0.1) is 12.8 Å². The van der Waals surface area contributed by atoms with Crippen LogP contribution in [-0.4, -0.2) is 48.5 Å². The third-order valence-electron chi connectivity index (χ3n) is 6.62.